The summed E-state index contributed by atoms with van der Waals surface area (Å²) in [6.07, 6.45) is 5.76. The lowest BCUT2D eigenvalue weighted by Crippen LogP contribution is -2.09. The summed E-state index contributed by atoms with van der Waals surface area (Å²) in [7, 11) is 0. The number of aliphatic carboxylic acids is 1. The van der Waals surface area contributed by atoms with Crippen LogP contribution < -0.4 is 4.74 Å². The molecule has 0 spiro atoms. The lowest BCUT2D eigenvalue weighted by molar-refractivity contribution is -0.136. The number of aryl methyl sites for hydroxylation is 1. The predicted molar refractivity (Wildman–Crippen MR) is 108 cm³/mol. The molecule has 0 bridgehead atoms. The Balaban J connectivity index is 1.64. The van der Waals surface area contributed by atoms with Crippen LogP contribution in [0.5, 0.6) is 5.75 Å². The van der Waals surface area contributed by atoms with Gasteiger partial charge in [0.05, 0.1) is 22.3 Å². The Bertz CT molecular complexity index is 944. The van der Waals surface area contributed by atoms with Crippen molar-refractivity contribution in [1.29, 1.82) is 0 Å². The standard InChI is InChI=1S/C22H23NO3S/c24-22(25)10-6-15-5-9-20(26-13-16-3-1-2-4-16)18(11-15)17-7-8-19-21(12-17)27-14-23-19/h5,7-9,11-12,14,16H,1-4,6,10,13H2,(H,24,25). The SMILES string of the molecule is O=C(O)CCc1ccc(OCC2CCCC2)c(-c2ccc3ncsc3c2)c1. The van der Waals surface area contributed by atoms with Crippen molar-refractivity contribution in [2.24, 2.45) is 5.92 Å². The minimum atomic E-state index is -0.774. The van der Waals surface area contributed by atoms with Crippen LogP contribution in [0.1, 0.15) is 37.7 Å². The van der Waals surface area contributed by atoms with E-state index in [1.165, 1.54) is 25.7 Å². The topological polar surface area (TPSA) is 59.4 Å². The molecule has 1 aliphatic carbocycles. The van der Waals surface area contributed by atoms with Crippen molar-refractivity contribution in [1.82, 2.24) is 4.98 Å². The number of ether oxygens (including phenoxy) is 1. The highest BCUT2D eigenvalue weighted by atomic mass is 32.1. The zero-order chi connectivity index (χ0) is 18.6. The molecule has 1 saturated carbocycles. The molecule has 4 nitrogen and oxygen atoms in total. The Labute approximate surface area is 162 Å². The van der Waals surface area contributed by atoms with Crippen molar-refractivity contribution in [2.45, 2.75) is 38.5 Å². The number of carboxylic acids is 1. The zero-order valence-corrected chi connectivity index (χ0v) is 16.0. The number of hydrogen-bond acceptors (Lipinski definition) is 4. The zero-order valence-electron chi connectivity index (χ0n) is 15.2. The Hall–Kier alpha value is -2.40. The van der Waals surface area contributed by atoms with E-state index in [0.717, 1.165) is 39.3 Å². The maximum Gasteiger partial charge on any atom is 0.303 e. The van der Waals surface area contributed by atoms with Gasteiger partial charge in [-0.2, -0.15) is 0 Å². The summed E-state index contributed by atoms with van der Waals surface area (Å²) in [6, 6.07) is 12.3. The summed E-state index contributed by atoms with van der Waals surface area (Å²) < 4.78 is 7.36. The molecule has 0 saturated heterocycles. The lowest BCUT2D eigenvalue weighted by Gasteiger charge is -2.16. The minimum absolute atomic E-state index is 0.135. The van der Waals surface area contributed by atoms with E-state index in [0.29, 0.717) is 12.3 Å². The number of hydrogen-bond donors (Lipinski definition) is 1. The van der Waals surface area contributed by atoms with Crippen molar-refractivity contribution in [3.8, 4) is 16.9 Å². The predicted octanol–water partition coefficient (Wildman–Crippen LogP) is 5.55. The smallest absolute Gasteiger partial charge is 0.303 e. The monoisotopic (exact) mass is 381 g/mol. The van der Waals surface area contributed by atoms with Crippen LogP contribution in [0.2, 0.25) is 0 Å². The Morgan fingerprint density at radius 2 is 2.04 bits per heavy atom. The number of nitrogens with zero attached hydrogens (tertiary/aromatic N) is 1. The van der Waals surface area contributed by atoms with Crippen LogP contribution in [0.3, 0.4) is 0 Å². The summed E-state index contributed by atoms with van der Waals surface area (Å²) in [5.74, 6) is 0.752. The van der Waals surface area contributed by atoms with Crippen molar-refractivity contribution in [2.75, 3.05) is 6.61 Å². The van der Waals surface area contributed by atoms with Crippen LogP contribution in [0, 0.1) is 5.92 Å². The highest BCUT2D eigenvalue weighted by Crippen LogP contribution is 2.35. The van der Waals surface area contributed by atoms with E-state index in [9.17, 15) is 4.79 Å². The first-order chi connectivity index (χ1) is 13.2. The largest absolute Gasteiger partial charge is 0.493 e. The van der Waals surface area contributed by atoms with Gasteiger partial charge in [0.1, 0.15) is 5.75 Å². The number of carboxylic acid groups (broad SMARTS) is 1. The van der Waals surface area contributed by atoms with Gasteiger partial charge in [-0.15, -0.1) is 11.3 Å². The van der Waals surface area contributed by atoms with Crippen LogP contribution >= 0.6 is 11.3 Å². The molecule has 27 heavy (non-hydrogen) atoms. The molecule has 1 fully saturated rings. The molecule has 3 aromatic rings. The van der Waals surface area contributed by atoms with Crippen molar-refractivity contribution in [3.63, 3.8) is 0 Å². The average Bonchev–Trinajstić information content (AvgIpc) is 3.35. The summed E-state index contributed by atoms with van der Waals surface area (Å²) in [5, 5.41) is 8.99. The quantitative estimate of drug-likeness (QED) is 0.583. The van der Waals surface area contributed by atoms with Crippen molar-refractivity contribution in [3.05, 3.63) is 47.5 Å². The Kier molecular flexibility index (Phi) is 5.39. The second-order valence-electron chi connectivity index (χ2n) is 7.22. The molecule has 1 heterocycles. The number of thiazole rings is 1. The van der Waals surface area contributed by atoms with Gasteiger partial charge < -0.3 is 9.84 Å². The van der Waals surface area contributed by atoms with E-state index in [4.69, 9.17) is 9.84 Å². The van der Waals surface area contributed by atoms with E-state index in [2.05, 4.69) is 23.2 Å². The maximum atomic E-state index is 10.9. The molecule has 5 heteroatoms. The average molecular weight is 381 g/mol. The highest BCUT2D eigenvalue weighted by molar-refractivity contribution is 7.16. The van der Waals surface area contributed by atoms with Gasteiger partial charge in [-0.25, -0.2) is 4.98 Å². The van der Waals surface area contributed by atoms with E-state index in [-0.39, 0.29) is 6.42 Å². The van der Waals surface area contributed by atoms with E-state index in [1.54, 1.807) is 11.3 Å². The van der Waals surface area contributed by atoms with E-state index in [1.807, 2.05) is 23.7 Å². The first-order valence-electron chi connectivity index (χ1n) is 9.50. The fourth-order valence-electron chi connectivity index (χ4n) is 3.74. The first kappa shape index (κ1) is 18.0. The van der Waals surface area contributed by atoms with E-state index < -0.39 is 5.97 Å². The third-order valence-corrected chi connectivity index (χ3v) is 6.05. The maximum absolute atomic E-state index is 10.9. The molecule has 0 atom stereocenters. The summed E-state index contributed by atoms with van der Waals surface area (Å²) in [6.45, 7) is 0.754. The second-order valence-corrected chi connectivity index (χ2v) is 8.11. The number of fused-ring (bicyclic) bond motifs is 1. The van der Waals surface area contributed by atoms with Crippen LogP contribution in [0.4, 0.5) is 0 Å². The molecule has 1 aromatic heterocycles. The van der Waals surface area contributed by atoms with Gasteiger partial charge in [-0.05, 0) is 60.6 Å². The van der Waals surface area contributed by atoms with Gasteiger partial charge in [0.2, 0.25) is 0 Å². The molecule has 0 radical (unpaired) electrons. The number of benzene rings is 2. The van der Waals surface area contributed by atoms with Gasteiger partial charge in [0.15, 0.2) is 0 Å². The second kappa shape index (κ2) is 8.09. The highest BCUT2D eigenvalue weighted by Gasteiger charge is 2.17. The summed E-state index contributed by atoms with van der Waals surface area (Å²) >= 11 is 1.62. The molecule has 2 aromatic carbocycles. The van der Waals surface area contributed by atoms with Crippen LogP contribution in [-0.4, -0.2) is 22.7 Å². The molecular formula is C22H23NO3S. The molecule has 0 amide bonds. The lowest BCUT2D eigenvalue weighted by atomic mass is 9.99. The molecule has 0 unspecified atom stereocenters. The van der Waals surface area contributed by atoms with Crippen molar-refractivity contribution < 1.29 is 14.6 Å². The minimum Gasteiger partial charge on any atom is -0.493 e. The summed E-state index contributed by atoms with van der Waals surface area (Å²) in [4.78, 5) is 15.3. The Morgan fingerprint density at radius 3 is 2.85 bits per heavy atom. The summed E-state index contributed by atoms with van der Waals surface area (Å²) in [5.41, 5.74) is 6.00. The van der Waals surface area contributed by atoms with E-state index >= 15 is 0 Å². The van der Waals surface area contributed by atoms with Gasteiger partial charge in [0, 0.05) is 12.0 Å². The van der Waals surface area contributed by atoms with Crippen LogP contribution in [0.25, 0.3) is 21.3 Å². The van der Waals surface area contributed by atoms with Crippen LogP contribution in [-0.2, 0) is 11.2 Å². The third kappa shape index (κ3) is 4.30. The van der Waals surface area contributed by atoms with Gasteiger partial charge in [-0.1, -0.05) is 25.0 Å². The molecule has 0 aliphatic heterocycles. The number of carbonyl (C=O) groups is 1. The fourth-order valence-corrected chi connectivity index (χ4v) is 4.46. The molecule has 1 N–H and O–H groups in total. The van der Waals surface area contributed by atoms with Gasteiger partial charge in [0.25, 0.3) is 0 Å². The number of rotatable bonds is 7. The molecular weight excluding hydrogens is 358 g/mol. The van der Waals surface area contributed by atoms with Gasteiger partial charge >= 0.3 is 5.97 Å². The normalized spacial score (nSPS) is 14.7. The number of aromatic nitrogens is 1. The van der Waals surface area contributed by atoms with Crippen molar-refractivity contribution >= 4 is 27.5 Å². The fraction of sp³-hybridized carbons (Fsp3) is 0.364. The van der Waals surface area contributed by atoms with Crippen LogP contribution in [0.15, 0.2) is 41.9 Å². The molecule has 1 aliphatic rings. The molecule has 4 rings (SSSR count). The van der Waals surface area contributed by atoms with Gasteiger partial charge in [-0.3, -0.25) is 4.79 Å². The first-order valence-corrected chi connectivity index (χ1v) is 10.4. The molecule has 140 valence electrons. The third-order valence-electron chi connectivity index (χ3n) is 5.26. The Morgan fingerprint density at radius 1 is 1.19 bits per heavy atom.